The second-order valence-corrected chi connectivity index (χ2v) is 5.50. The molecule has 0 saturated carbocycles. The van der Waals surface area contributed by atoms with Crippen molar-refractivity contribution >= 4 is 17.7 Å². The first kappa shape index (κ1) is 15.1. The molecule has 1 saturated heterocycles. The average Bonchev–Trinajstić information content (AvgIpc) is 3.15. The summed E-state index contributed by atoms with van der Waals surface area (Å²) in [6.07, 6.45) is 3.24. The van der Waals surface area contributed by atoms with Crippen LogP contribution >= 0.6 is 0 Å². The zero-order valence-electron chi connectivity index (χ0n) is 13.1. The first-order chi connectivity index (χ1) is 11.0. The van der Waals surface area contributed by atoms with E-state index in [9.17, 15) is 9.59 Å². The topological polar surface area (TPSA) is 67.7 Å². The summed E-state index contributed by atoms with van der Waals surface area (Å²) in [6.45, 7) is 1.35. The second kappa shape index (κ2) is 6.12. The lowest BCUT2D eigenvalue weighted by atomic mass is 10.1. The van der Waals surface area contributed by atoms with Crippen LogP contribution in [-0.4, -0.2) is 46.9 Å². The summed E-state index contributed by atoms with van der Waals surface area (Å²) in [5, 5.41) is 4.10. The predicted octanol–water partition coefficient (Wildman–Crippen LogP) is 1.65. The fourth-order valence-corrected chi connectivity index (χ4v) is 2.55. The van der Waals surface area contributed by atoms with Gasteiger partial charge in [-0.05, 0) is 18.2 Å². The van der Waals surface area contributed by atoms with Gasteiger partial charge in [0.1, 0.15) is 6.61 Å². The number of nitrogens with zero attached hydrogens (tertiary/aromatic N) is 4. The Labute approximate surface area is 134 Å². The molecule has 0 radical (unpaired) electrons. The van der Waals surface area contributed by atoms with E-state index >= 15 is 0 Å². The van der Waals surface area contributed by atoms with E-state index in [4.69, 9.17) is 4.74 Å². The van der Waals surface area contributed by atoms with Crippen molar-refractivity contribution in [2.45, 2.75) is 6.54 Å². The van der Waals surface area contributed by atoms with Crippen molar-refractivity contribution in [2.75, 3.05) is 25.1 Å². The molecule has 120 valence electrons. The Bertz CT molecular complexity index is 740. The van der Waals surface area contributed by atoms with E-state index in [2.05, 4.69) is 5.10 Å². The van der Waals surface area contributed by atoms with Gasteiger partial charge >= 0.3 is 6.09 Å². The van der Waals surface area contributed by atoms with Crippen LogP contribution in [0.15, 0.2) is 36.7 Å². The van der Waals surface area contributed by atoms with Crippen LogP contribution in [0, 0.1) is 0 Å². The Kier molecular flexibility index (Phi) is 4.01. The number of cyclic esters (lactones) is 1. The van der Waals surface area contributed by atoms with Crippen LogP contribution in [0.5, 0.6) is 0 Å². The zero-order valence-corrected chi connectivity index (χ0v) is 13.1. The molecule has 0 atom stereocenters. The number of anilines is 1. The summed E-state index contributed by atoms with van der Waals surface area (Å²) in [4.78, 5) is 27.3. The SMILES string of the molecule is CN(Cc1cnn(C)c1)C(=O)c1cccc(N2CCOC2=O)c1. The first-order valence-electron chi connectivity index (χ1n) is 7.32. The molecular formula is C16H18N4O3. The number of rotatable bonds is 4. The molecule has 1 aliphatic heterocycles. The minimum atomic E-state index is -0.377. The molecular weight excluding hydrogens is 296 g/mol. The molecule has 3 rings (SSSR count). The quantitative estimate of drug-likeness (QED) is 0.860. The van der Waals surface area contributed by atoms with Crippen LogP contribution < -0.4 is 4.90 Å². The Hall–Kier alpha value is -2.83. The third-order valence-electron chi connectivity index (χ3n) is 3.69. The molecule has 0 N–H and O–H groups in total. The number of hydrogen-bond acceptors (Lipinski definition) is 4. The molecule has 1 aromatic carbocycles. The van der Waals surface area contributed by atoms with Gasteiger partial charge in [-0.25, -0.2) is 4.79 Å². The van der Waals surface area contributed by atoms with Crippen LogP contribution in [0.1, 0.15) is 15.9 Å². The van der Waals surface area contributed by atoms with Crippen molar-refractivity contribution in [3.05, 3.63) is 47.8 Å². The smallest absolute Gasteiger partial charge is 0.414 e. The van der Waals surface area contributed by atoms with Crippen molar-refractivity contribution in [1.29, 1.82) is 0 Å². The van der Waals surface area contributed by atoms with Crippen LogP contribution in [0.3, 0.4) is 0 Å². The minimum absolute atomic E-state index is 0.108. The van der Waals surface area contributed by atoms with Crippen molar-refractivity contribution in [1.82, 2.24) is 14.7 Å². The summed E-state index contributed by atoms with van der Waals surface area (Å²) >= 11 is 0. The zero-order chi connectivity index (χ0) is 16.4. The van der Waals surface area contributed by atoms with Gasteiger partial charge < -0.3 is 9.64 Å². The number of amides is 2. The highest BCUT2D eigenvalue weighted by Crippen LogP contribution is 2.21. The molecule has 0 bridgehead atoms. The molecule has 2 aromatic rings. The van der Waals surface area contributed by atoms with Gasteiger partial charge in [-0.1, -0.05) is 6.07 Å². The largest absolute Gasteiger partial charge is 0.447 e. The van der Waals surface area contributed by atoms with Crippen LogP contribution in [0.4, 0.5) is 10.5 Å². The van der Waals surface area contributed by atoms with Gasteiger partial charge in [-0.2, -0.15) is 5.10 Å². The summed E-state index contributed by atoms with van der Waals surface area (Å²) in [5.41, 5.74) is 2.17. The van der Waals surface area contributed by atoms with Gasteiger partial charge in [0.25, 0.3) is 5.91 Å². The summed E-state index contributed by atoms with van der Waals surface area (Å²) in [7, 11) is 3.58. The highest BCUT2D eigenvalue weighted by atomic mass is 16.6. The molecule has 2 amide bonds. The fourth-order valence-electron chi connectivity index (χ4n) is 2.55. The maximum atomic E-state index is 12.6. The molecule has 1 fully saturated rings. The standard InChI is InChI=1S/C16H18N4O3/c1-18(10-12-9-17-19(2)11-12)15(21)13-4-3-5-14(8-13)20-6-7-23-16(20)22/h3-5,8-9,11H,6-7,10H2,1-2H3. The number of carbonyl (C=O) groups excluding carboxylic acids is 2. The lowest BCUT2D eigenvalue weighted by Crippen LogP contribution is -2.27. The van der Waals surface area contributed by atoms with Crippen molar-refractivity contribution in [2.24, 2.45) is 7.05 Å². The van der Waals surface area contributed by atoms with Gasteiger partial charge in [0.2, 0.25) is 0 Å². The Balaban J connectivity index is 1.75. The summed E-state index contributed by atoms with van der Waals surface area (Å²) < 4.78 is 6.63. The lowest BCUT2D eigenvalue weighted by Gasteiger charge is -2.18. The molecule has 2 heterocycles. The minimum Gasteiger partial charge on any atom is -0.447 e. The molecule has 23 heavy (non-hydrogen) atoms. The van der Waals surface area contributed by atoms with Gasteiger partial charge in [-0.15, -0.1) is 0 Å². The highest BCUT2D eigenvalue weighted by molar-refractivity contribution is 5.97. The molecule has 7 nitrogen and oxygen atoms in total. The van der Waals surface area contributed by atoms with Gasteiger partial charge in [0.15, 0.2) is 0 Å². The van der Waals surface area contributed by atoms with E-state index in [1.54, 1.807) is 47.1 Å². The lowest BCUT2D eigenvalue weighted by molar-refractivity contribution is 0.0785. The van der Waals surface area contributed by atoms with Crippen LogP contribution in [0.2, 0.25) is 0 Å². The molecule has 0 spiro atoms. The second-order valence-electron chi connectivity index (χ2n) is 5.50. The summed E-state index contributed by atoms with van der Waals surface area (Å²) in [5.74, 6) is -0.108. The summed E-state index contributed by atoms with van der Waals surface area (Å²) in [6, 6.07) is 7.03. The number of carbonyl (C=O) groups is 2. The van der Waals surface area contributed by atoms with Crippen molar-refractivity contribution in [3.63, 3.8) is 0 Å². The maximum Gasteiger partial charge on any atom is 0.414 e. The third kappa shape index (κ3) is 3.18. The fraction of sp³-hybridized carbons (Fsp3) is 0.312. The molecule has 1 aliphatic rings. The van der Waals surface area contributed by atoms with Crippen molar-refractivity contribution < 1.29 is 14.3 Å². The Morgan fingerprint density at radius 1 is 1.43 bits per heavy atom. The van der Waals surface area contributed by atoms with E-state index < -0.39 is 0 Å². The number of benzene rings is 1. The van der Waals surface area contributed by atoms with E-state index in [-0.39, 0.29) is 12.0 Å². The number of aromatic nitrogens is 2. The number of hydrogen-bond donors (Lipinski definition) is 0. The van der Waals surface area contributed by atoms with E-state index in [0.717, 1.165) is 5.56 Å². The van der Waals surface area contributed by atoms with Gasteiger partial charge in [0, 0.05) is 43.7 Å². The van der Waals surface area contributed by atoms with Gasteiger partial charge in [0.05, 0.1) is 12.7 Å². The normalized spacial score (nSPS) is 14.0. The van der Waals surface area contributed by atoms with Crippen molar-refractivity contribution in [3.8, 4) is 0 Å². The highest BCUT2D eigenvalue weighted by Gasteiger charge is 2.24. The average molecular weight is 314 g/mol. The maximum absolute atomic E-state index is 12.6. The van der Waals surface area contributed by atoms with Crippen LogP contribution in [-0.2, 0) is 18.3 Å². The monoisotopic (exact) mass is 314 g/mol. The Morgan fingerprint density at radius 2 is 2.26 bits per heavy atom. The van der Waals surface area contributed by atoms with E-state index in [1.807, 2.05) is 13.2 Å². The van der Waals surface area contributed by atoms with Gasteiger partial charge in [-0.3, -0.25) is 14.4 Å². The molecule has 7 heteroatoms. The molecule has 0 unspecified atom stereocenters. The van der Waals surface area contributed by atoms with E-state index in [1.165, 1.54) is 4.90 Å². The first-order valence-corrected chi connectivity index (χ1v) is 7.32. The number of aryl methyl sites for hydroxylation is 1. The van der Waals surface area contributed by atoms with Crippen LogP contribution in [0.25, 0.3) is 0 Å². The third-order valence-corrected chi connectivity index (χ3v) is 3.69. The molecule has 1 aromatic heterocycles. The molecule has 0 aliphatic carbocycles. The Morgan fingerprint density at radius 3 is 2.91 bits per heavy atom. The van der Waals surface area contributed by atoms with E-state index in [0.29, 0.717) is 30.9 Å². The number of ether oxygens (including phenoxy) is 1. The predicted molar refractivity (Wildman–Crippen MR) is 84.1 cm³/mol.